The lowest BCUT2D eigenvalue weighted by atomic mass is 9.82. The average molecular weight is 696 g/mol. The van der Waals surface area contributed by atoms with E-state index < -0.39 is 17.8 Å². The van der Waals surface area contributed by atoms with E-state index in [1.54, 1.807) is 20.0 Å². The predicted molar refractivity (Wildman–Crippen MR) is 181 cm³/mol. The van der Waals surface area contributed by atoms with Gasteiger partial charge in [-0.1, -0.05) is 17.7 Å². The zero-order valence-electron chi connectivity index (χ0n) is 28.4. The highest BCUT2D eigenvalue weighted by Crippen LogP contribution is 2.33. The van der Waals surface area contributed by atoms with Crippen LogP contribution in [-0.4, -0.2) is 81.4 Å². The number of nitrogens with zero attached hydrogens (tertiary/aromatic N) is 7. The van der Waals surface area contributed by atoms with Crippen LogP contribution in [0.25, 0.3) is 11.3 Å². The van der Waals surface area contributed by atoms with Gasteiger partial charge in [-0.2, -0.15) is 9.94 Å². The molecule has 0 amide bonds. The fraction of sp³-hybridized carbons (Fsp3) is 0.618. The minimum absolute atomic E-state index is 0.138. The van der Waals surface area contributed by atoms with Crippen molar-refractivity contribution in [3.05, 3.63) is 47.0 Å². The van der Waals surface area contributed by atoms with Crippen molar-refractivity contribution in [1.29, 1.82) is 5.26 Å². The molecule has 14 nitrogen and oxygen atoms in total. The largest absolute Gasteiger partial charge is 0.510 e. The van der Waals surface area contributed by atoms with E-state index in [4.69, 9.17) is 35.5 Å². The monoisotopic (exact) mass is 695 g/mol. The van der Waals surface area contributed by atoms with Crippen molar-refractivity contribution < 1.29 is 23.7 Å². The van der Waals surface area contributed by atoms with Crippen molar-refractivity contribution in [2.75, 3.05) is 38.3 Å². The quantitative estimate of drug-likeness (QED) is 0.191. The number of aromatic nitrogens is 6. The highest BCUT2D eigenvalue weighted by atomic mass is 35.5. The van der Waals surface area contributed by atoms with Gasteiger partial charge in [0.1, 0.15) is 12.4 Å². The Kier molecular flexibility index (Phi) is 13.1. The van der Waals surface area contributed by atoms with Gasteiger partial charge >= 0.3 is 6.16 Å². The Bertz CT molecular complexity index is 1550. The molecular formula is C34H46ClN9O5. The number of nitriles is 1. The third-order valence-electron chi connectivity index (χ3n) is 9.13. The summed E-state index contributed by atoms with van der Waals surface area (Å²) in [5, 5.41) is 29.0. The molecule has 0 unspecified atom stereocenters. The molecule has 0 spiro atoms. The summed E-state index contributed by atoms with van der Waals surface area (Å²) in [6, 6.07) is 10.9. The normalized spacial score (nSPS) is 20.1. The number of ether oxygens (including phenoxy) is 4. The number of tetrazole rings is 1. The Labute approximate surface area is 292 Å². The van der Waals surface area contributed by atoms with Crippen molar-refractivity contribution in [3.8, 4) is 17.3 Å². The second-order valence-electron chi connectivity index (χ2n) is 12.9. The van der Waals surface area contributed by atoms with Crippen molar-refractivity contribution in [1.82, 2.24) is 35.5 Å². The molecule has 1 aliphatic heterocycles. The fourth-order valence-corrected chi connectivity index (χ4v) is 6.56. The number of rotatable bonds is 15. The zero-order chi connectivity index (χ0) is 34.6. The molecule has 2 aliphatic rings. The minimum atomic E-state index is -0.774. The van der Waals surface area contributed by atoms with E-state index in [9.17, 15) is 10.1 Å². The zero-order valence-corrected chi connectivity index (χ0v) is 29.2. The Morgan fingerprint density at radius 2 is 2.02 bits per heavy atom. The van der Waals surface area contributed by atoms with E-state index in [0.717, 1.165) is 49.1 Å². The maximum atomic E-state index is 11.6. The van der Waals surface area contributed by atoms with Crippen LogP contribution in [0.5, 0.6) is 0 Å². The molecule has 1 saturated carbocycles. The molecule has 5 rings (SSSR count). The molecule has 49 heavy (non-hydrogen) atoms. The van der Waals surface area contributed by atoms with Gasteiger partial charge in [0.25, 0.3) is 0 Å². The fourth-order valence-electron chi connectivity index (χ4n) is 6.36. The maximum absolute atomic E-state index is 11.6. The molecule has 0 aromatic carbocycles. The lowest BCUT2D eigenvalue weighted by molar-refractivity contribution is -0.00390. The summed E-state index contributed by atoms with van der Waals surface area (Å²) in [7, 11) is 0. The van der Waals surface area contributed by atoms with E-state index in [0.29, 0.717) is 67.8 Å². The van der Waals surface area contributed by atoms with Gasteiger partial charge in [0, 0.05) is 49.3 Å². The minimum Gasteiger partial charge on any atom is -0.435 e. The summed E-state index contributed by atoms with van der Waals surface area (Å²) in [5.74, 6) is 1.71. The molecular weight excluding hydrogens is 650 g/mol. The predicted octanol–water partition coefficient (Wildman–Crippen LogP) is 5.50. The van der Waals surface area contributed by atoms with Crippen molar-refractivity contribution in [3.63, 3.8) is 0 Å². The molecule has 264 valence electrons. The standard InChI is InChI=1S/C34H46ClN9O5/c1-4-48-33(45)49-24(3)44-32(41-42-43-44)20-47-19-23(2)39-26-10-8-25(9-11-26)16-27-17-28(29(35)18-37-27)30-6-5-7-31(40-30)38-22-34(21-36)12-14-46-15-13-34/h5-7,17-18,23-26,39H,4,8-16,19-20,22H2,1-3H3,(H,38,40)/t23-,24-,25?,26?/m0/s1. The number of halogens is 1. The van der Waals surface area contributed by atoms with Crippen molar-refractivity contribution in [2.24, 2.45) is 11.3 Å². The van der Waals surface area contributed by atoms with Gasteiger partial charge in [0.05, 0.1) is 35.4 Å². The molecule has 2 atom stereocenters. The second kappa shape index (κ2) is 17.7. The van der Waals surface area contributed by atoms with E-state index in [1.165, 1.54) is 4.68 Å². The molecule has 3 aromatic rings. The Morgan fingerprint density at radius 3 is 2.78 bits per heavy atom. The summed E-state index contributed by atoms with van der Waals surface area (Å²) < 4.78 is 22.8. The van der Waals surface area contributed by atoms with Crippen LogP contribution < -0.4 is 10.6 Å². The number of hydrogen-bond donors (Lipinski definition) is 2. The lowest BCUT2D eigenvalue weighted by Crippen LogP contribution is -2.41. The first kappa shape index (κ1) is 36.4. The first-order valence-corrected chi connectivity index (χ1v) is 17.4. The molecule has 2 N–H and O–H groups in total. The first-order valence-electron chi connectivity index (χ1n) is 17.1. The lowest BCUT2D eigenvalue weighted by Gasteiger charge is -2.31. The highest BCUT2D eigenvalue weighted by Gasteiger charge is 2.32. The van der Waals surface area contributed by atoms with Gasteiger partial charge < -0.3 is 29.6 Å². The van der Waals surface area contributed by atoms with E-state index in [-0.39, 0.29) is 19.3 Å². The summed E-state index contributed by atoms with van der Waals surface area (Å²) in [6.07, 6.45) is 6.88. The topological polar surface area (TPSA) is 171 Å². The van der Waals surface area contributed by atoms with Crippen LogP contribution in [0, 0.1) is 22.7 Å². The summed E-state index contributed by atoms with van der Waals surface area (Å²) >= 11 is 6.62. The van der Waals surface area contributed by atoms with Crippen LogP contribution in [0.2, 0.25) is 5.02 Å². The third-order valence-corrected chi connectivity index (χ3v) is 9.43. The highest BCUT2D eigenvalue weighted by molar-refractivity contribution is 6.33. The van der Waals surface area contributed by atoms with E-state index in [1.807, 2.05) is 18.2 Å². The maximum Gasteiger partial charge on any atom is 0.510 e. The van der Waals surface area contributed by atoms with Gasteiger partial charge in [-0.15, -0.1) is 5.10 Å². The summed E-state index contributed by atoms with van der Waals surface area (Å²) in [6.45, 7) is 8.10. The Balaban J connectivity index is 1.06. The molecule has 4 heterocycles. The van der Waals surface area contributed by atoms with Crippen molar-refractivity contribution >= 4 is 23.6 Å². The SMILES string of the molecule is CCOC(=O)O[C@@H](C)n1nnnc1COC[C@H](C)NC1CCC(Cc2cc(-c3cccc(NCC4(C#N)CCOCC4)n3)c(Cl)cn2)CC1. The average Bonchev–Trinajstić information content (AvgIpc) is 3.58. The number of pyridine rings is 2. The molecule has 0 bridgehead atoms. The third kappa shape index (κ3) is 10.3. The first-order chi connectivity index (χ1) is 23.8. The number of carbonyl (C=O) groups excluding carboxylic acids is 1. The van der Waals surface area contributed by atoms with Crippen LogP contribution in [-0.2, 0) is 32.0 Å². The molecule has 3 aromatic heterocycles. The second-order valence-corrected chi connectivity index (χ2v) is 13.3. The molecule has 0 radical (unpaired) electrons. The molecule has 2 fully saturated rings. The summed E-state index contributed by atoms with van der Waals surface area (Å²) in [5.41, 5.74) is 2.20. The number of anilines is 1. The molecule has 1 saturated heterocycles. The van der Waals surface area contributed by atoms with Crippen LogP contribution in [0.15, 0.2) is 30.5 Å². The number of hydrogen-bond acceptors (Lipinski definition) is 13. The van der Waals surface area contributed by atoms with Crippen molar-refractivity contribution in [2.45, 2.75) is 90.6 Å². The van der Waals surface area contributed by atoms with Gasteiger partial charge in [-0.25, -0.2) is 9.78 Å². The number of nitrogens with one attached hydrogen (secondary N) is 2. The Hall–Kier alpha value is -3.90. The van der Waals surface area contributed by atoms with Crippen LogP contribution in [0.3, 0.4) is 0 Å². The molecule has 1 aliphatic carbocycles. The Morgan fingerprint density at radius 1 is 1.22 bits per heavy atom. The smallest absolute Gasteiger partial charge is 0.435 e. The van der Waals surface area contributed by atoms with Crippen LogP contribution in [0.1, 0.15) is 77.0 Å². The van der Waals surface area contributed by atoms with Gasteiger partial charge in [0.2, 0.25) is 0 Å². The van der Waals surface area contributed by atoms with E-state index in [2.05, 4.69) is 50.2 Å². The van der Waals surface area contributed by atoms with E-state index >= 15 is 0 Å². The summed E-state index contributed by atoms with van der Waals surface area (Å²) in [4.78, 5) is 21.1. The van der Waals surface area contributed by atoms with Gasteiger partial charge in [0.15, 0.2) is 12.1 Å². The number of carbonyl (C=O) groups is 1. The van der Waals surface area contributed by atoms with Gasteiger partial charge in [-0.05, 0) is 100 Å². The van der Waals surface area contributed by atoms with Gasteiger partial charge in [-0.3, -0.25) is 4.98 Å². The van der Waals surface area contributed by atoms with Crippen LogP contribution >= 0.6 is 11.6 Å². The van der Waals surface area contributed by atoms with Crippen LogP contribution in [0.4, 0.5) is 10.6 Å². The molecule has 15 heteroatoms.